The van der Waals surface area contributed by atoms with Crippen LogP contribution in [0.2, 0.25) is 0 Å². The normalized spacial score (nSPS) is 20.2. The minimum absolute atomic E-state index is 0.211. The molecule has 0 aliphatic carbocycles. The summed E-state index contributed by atoms with van der Waals surface area (Å²) in [7, 11) is -3.21. The molecule has 6 heteroatoms. The van der Waals surface area contributed by atoms with Gasteiger partial charge in [0, 0.05) is 19.4 Å². The van der Waals surface area contributed by atoms with Crippen molar-refractivity contribution in [3.63, 3.8) is 0 Å². The van der Waals surface area contributed by atoms with Crippen LogP contribution in [-0.2, 0) is 14.6 Å². The summed E-state index contributed by atoms with van der Waals surface area (Å²) < 4.78 is 28.4. The summed E-state index contributed by atoms with van der Waals surface area (Å²) in [4.78, 5) is 0.240. The molecule has 1 aromatic carbocycles. The molecular formula is C13H20N2O3S. The summed E-state index contributed by atoms with van der Waals surface area (Å²) in [6, 6.07) is 4.75. The smallest absolute Gasteiger partial charge is 0.175 e. The van der Waals surface area contributed by atoms with Crippen LogP contribution in [0.3, 0.4) is 0 Å². The highest BCUT2D eigenvalue weighted by molar-refractivity contribution is 7.90. The van der Waals surface area contributed by atoms with Gasteiger partial charge in [0.1, 0.15) is 0 Å². The van der Waals surface area contributed by atoms with Gasteiger partial charge in [0.25, 0.3) is 0 Å². The molecule has 5 nitrogen and oxygen atoms in total. The van der Waals surface area contributed by atoms with E-state index in [1.165, 1.54) is 18.7 Å². The van der Waals surface area contributed by atoms with Crippen LogP contribution < -0.4 is 11.1 Å². The number of nitrogens with two attached hydrogens (primary N) is 1. The summed E-state index contributed by atoms with van der Waals surface area (Å²) in [5.74, 6) is 0. The molecule has 0 bridgehead atoms. The van der Waals surface area contributed by atoms with Crippen LogP contribution in [0.5, 0.6) is 0 Å². The second-order valence-electron chi connectivity index (χ2n) is 4.89. The second kappa shape index (κ2) is 5.79. The number of hydrogen-bond donors (Lipinski definition) is 2. The van der Waals surface area contributed by atoms with Gasteiger partial charge in [0.15, 0.2) is 9.84 Å². The monoisotopic (exact) mass is 284 g/mol. The Morgan fingerprint density at radius 3 is 2.79 bits per heavy atom. The third-order valence-corrected chi connectivity index (χ3v) is 4.36. The quantitative estimate of drug-likeness (QED) is 0.822. The zero-order chi connectivity index (χ0) is 13.9. The molecule has 1 atom stereocenters. The highest BCUT2D eigenvalue weighted by Gasteiger charge is 2.14. The Morgan fingerprint density at radius 1 is 1.42 bits per heavy atom. The highest BCUT2D eigenvalue weighted by atomic mass is 32.2. The van der Waals surface area contributed by atoms with E-state index in [9.17, 15) is 8.42 Å². The predicted molar refractivity (Wildman–Crippen MR) is 76.0 cm³/mol. The Labute approximate surface area is 114 Å². The fourth-order valence-corrected chi connectivity index (χ4v) is 2.78. The zero-order valence-corrected chi connectivity index (χ0v) is 11.9. The third-order valence-electron chi connectivity index (χ3n) is 3.25. The Morgan fingerprint density at radius 2 is 2.21 bits per heavy atom. The minimum Gasteiger partial charge on any atom is -0.397 e. The van der Waals surface area contributed by atoms with E-state index in [-0.39, 0.29) is 11.0 Å². The lowest BCUT2D eigenvalue weighted by Gasteiger charge is -2.23. The van der Waals surface area contributed by atoms with Crippen molar-refractivity contribution in [2.45, 2.75) is 30.3 Å². The van der Waals surface area contributed by atoms with Gasteiger partial charge in [-0.1, -0.05) is 0 Å². The van der Waals surface area contributed by atoms with Crippen LogP contribution in [0.25, 0.3) is 0 Å². The van der Waals surface area contributed by atoms with E-state index in [0.29, 0.717) is 12.2 Å². The van der Waals surface area contributed by atoms with Gasteiger partial charge in [-0.15, -0.1) is 0 Å². The molecule has 2 rings (SSSR count). The van der Waals surface area contributed by atoms with Crippen LogP contribution in [0, 0.1) is 0 Å². The summed E-state index contributed by atoms with van der Waals surface area (Å²) in [6.45, 7) is 1.51. The van der Waals surface area contributed by atoms with Gasteiger partial charge < -0.3 is 15.8 Å². The van der Waals surface area contributed by atoms with Crippen LogP contribution >= 0.6 is 0 Å². The molecule has 1 heterocycles. The molecule has 0 saturated carbocycles. The van der Waals surface area contributed by atoms with Crippen LogP contribution in [0.1, 0.15) is 19.3 Å². The first kappa shape index (κ1) is 14.1. The minimum atomic E-state index is -3.21. The van der Waals surface area contributed by atoms with Crippen molar-refractivity contribution in [3.8, 4) is 0 Å². The second-order valence-corrected chi connectivity index (χ2v) is 6.91. The highest BCUT2D eigenvalue weighted by Crippen LogP contribution is 2.23. The lowest BCUT2D eigenvalue weighted by Crippen LogP contribution is -2.27. The molecule has 1 saturated heterocycles. The Balaban J connectivity index is 2.01. The SMILES string of the molecule is CS(=O)(=O)c1ccc(NCC2CCCCO2)c(N)c1. The number of benzene rings is 1. The van der Waals surface area contributed by atoms with Gasteiger partial charge in [0.05, 0.1) is 22.4 Å². The topological polar surface area (TPSA) is 81.4 Å². The fourth-order valence-electron chi connectivity index (χ4n) is 2.12. The van der Waals surface area contributed by atoms with Crippen LogP contribution in [-0.4, -0.2) is 33.9 Å². The number of nitrogen functional groups attached to an aromatic ring is 1. The zero-order valence-electron chi connectivity index (χ0n) is 11.1. The summed E-state index contributed by atoms with van der Waals surface area (Å²) in [5, 5.41) is 3.22. The summed E-state index contributed by atoms with van der Waals surface area (Å²) >= 11 is 0. The number of hydrogen-bond acceptors (Lipinski definition) is 5. The van der Waals surface area contributed by atoms with E-state index < -0.39 is 9.84 Å². The average Bonchev–Trinajstić information content (AvgIpc) is 2.37. The van der Waals surface area contributed by atoms with Gasteiger partial charge in [0.2, 0.25) is 0 Å². The van der Waals surface area contributed by atoms with Crippen molar-refractivity contribution in [1.29, 1.82) is 0 Å². The molecule has 1 aliphatic heterocycles. The summed E-state index contributed by atoms with van der Waals surface area (Å²) in [6.07, 6.45) is 4.75. The summed E-state index contributed by atoms with van der Waals surface area (Å²) in [5.41, 5.74) is 7.06. The fraction of sp³-hybridized carbons (Fsp3) is 0.538. The van der Waals surface area contributed by atoms with Crippen molar-refractivity contribution in [2.75, 3.05) is 30.5 Å². The van der Waals surface area contributed by atoms with E-state index in [0.717, 1.165) is 25.1 Å². The van der Waals surface area contributed by atoms with Gasteiger partial charge >= 0.3 is 0 Å². The van der Waals surface area contributed by atoms with Gasteiger partial charge in [-0.25, -0.2) is 8.42 Å². The predicted octanol–water partition coefficient (Wildman–Crippen LogP) is 1.65. The molecule has 1 aliphatic rings. The number of nitrogens with one attached hydrogen (secondary N) is 1. The van der Waals surface area contributed by atoms with E-state index in [1.807, 2.05) is 0 Å². The maximum atomic E-state index is 11.4. The maximum Gasteiger partial charge on any atom is 0.175 e. The number of anilines is 2. The first-order chi connectivity index (χ1) is 8.97. The molecular weight excluding hydrogens is 264 g/mol. The maximum absolute atomic E-state index is 11.4. The molecule has 1 unspecified atom stereocenters. The van der Waals surface area contributed by atoms with Crippen LogP contribution in [0.4, 0.5) is 11.4 Å². The van der Waals surface area contributed by atoms with E-state index in [2.05, 4.69) is 5.32 Å². The molecule has 0 aromatic heterocycles. The van der Waals surface area contributed by atoms with Crippen molar-refractivity contribution in [2.24, 2.45) is 0 Å². The molecule has 0 spiro atoms. The largest absolute Gasteiger partial charge is 0.397 e. The Hall–Kier alpha value is -1.27. The first-order valence-electron chi connectivity index (χ1n) is 6.42. The molecule has 0 radical (unpaired) electrons. The standard InChI is InChI=1S/C13H20N2O3S/c1-19(16,17)11-5-6-13(12(14)8-11)15-9-10-4-2-3-7-18-10/h5-6,8,10,15H,2-4,7,9,14H2,1H3. The van der Waals surface area contributed by atoms with Crippen molar-refractivity contribution in [3.05, 3.63) is 18.2 Å². The molecule has 1 aromatic rings. The Bertz CT molecular complexity index is 537. The molecule has 0 amide bonds. The Kier molecular flexibility index (Phi) is 4.31. The molecule has 19 heavy (non-hydrogen) atoms. The van der Waals surface area contributed by atoms with E-state index in [1.54, 1.807) is 12.1 Å². The number of sulfone groups is 1. The van der Waals surface area contributed by atoms with Gasteiger partial charge in [-0.3, -0.25) is 0 Å². The first-order valence-corrected chi connectivity index (χ1v) is 8.31. The molecule has 106 valence electrons. The van der Waals surface area contributed by atoms with E-state index in [4.69, 9.17) is 10.5 Å². The molecule has 3 N–H and O–H groups in total. The van der Waals surface area contributed by atoms with E-state index >= 15 is 0 Å². The number of ether oxygens (including phenoxy) is 1. The van der Waals surface area contributed by atoms with Crippen molar-refractivity contribution < 1.29 is 13.2 Å². The van der Waals surface area contributed by atoms with Gasteiger partial charge in [-0.2, -0.15) is 0 Å². The lowest BCUT2D eigenvalue weighted by molar-refractivity contribution is 0.0248. The van der Waals surface area contributed by atoms with Crippen LogP contribution in [0.15, 0.2) is 23.1 Å². The lowest BCUT2D eigenvalue weighted by atomic mass is 10.1. The third kappa shape index (κ3) is 3.84. The molecule has 1 fully saturated rings. The van der Waals surface area contributed by atoms with Crippen molar-refractivity contribution in [1.82, 2.24) is 0 Å². The number of rotatable bonds is 4. The van der Waals surface area contributed by atoms with Gasteiger partial charge in [-0.05, 0) is 37.5 Å². The van der Waals surface area contributed by atoms with Crippen molar-refractivity contribution >= 4 is 21.2 Å². The average molecular weight is 284 g/mol.